The molecule has 0 saturated heterocycles. The van der Waals surface area contributed by atoms with Gasteiger partial charge < -0.3 is 10.5 Å². The van der Waals surface area contributed by atoms with Crippen LogP contribution in [-0.2, 0) is 6.42 Å². The number of nitrogens with two attached hydrogens (primary N) is 1. The second-order valence-electron chi connectivity index (χ2n) is 5.37. The lowest BCUT2D eigenvalue weighted by Crippen LogP contribution is -2.35. The molecule has 3 heteroatoms. The Hall–Kier alpha value is -0.540. The van der Waals surface area contributed by atoms with Gasteiger partial charge in [-0.2, -0.15) is 0 Å². The fraction of sp³-hybridized carbons (Fsp3) is 0.571. The summed E-state index contributed by atoms with van der Waals surface area (Å²) in [6, 6.07) is 0. The molecule has 0 aromatic heterocycles. The van der Waals surface area contributed by atoms with Gasteiger partial charge >= 0.3 is 0 Å². The van der Waals surface area contributed by atoms with E-state index in [4.69, 9.17) is 10.5 Å². The Morgan fingerprint density at radius 2 is 1.65 bits per heavy atom. The van der Waals surface area contributed by atoms with Gasteiger partial charge in [-0.05, 0) is 79.2 Å². The van der Waals surface area contributed by atoms with Crippen LogP contribution in [0.1, 0.15) is 36.1 Å². The quantitative estimate of drug-likeness (QED) is 0.924. The molecule has 0 spiro atoms. The largest absolute Gasteiger partial charge is 0.495 e. The van der Waals surface area contributed by atoms with Gasteiger partial charge in [0.1, 0.15) is 5.75 Å². The first kappa shape index (κ1) is 14.5. The normalized spacial score (nSPS) is 11.8. The van der Waals surface area contributed by atoms with Crippen molar-refractivity contribution in [2.45, 2.75) is 46.6 Å². The molecule has 0 bridgehead atoms. The van der Waals surface area contributed by atoms with Crippen molar-refractivity contribution in [2.24, 2.45) is 5.73 Å². The number of ether oxygens (including phenoxy) is 1. The second kappa shape index (κ2) is 4.99. The molecule has 0 heterocycles. The van der Waals surface area contributed by atoms with Gasteiger partial charge in [0, 0.05) is 5.54 Å². The van der Waals surface area contributed by atoms with Crippen molar-refractivity contribution in [3.63, 3.8) is 0 Å². The van der Waals surface area contributed by atoms with Gasteiger partial charge in [0.2, 0.25) is 0 Å². The maximum Gasteiger partial charge on any atom is 0.136 e. The Kier molecular flexibility index (Phi) is 4.26. The summed E-state index contributed by atoms with van der Waals surface area (Å²) in [6.45, 7) is 10.4. The van der Waals surface area contributed by atoms with E-state index < -0.39 is 0 Å². The summed E-state index contributed by atoms with van der Waals surface area (Å²) in [5.74, 6) is 0.929. The molecule has 96 valence electrons. The van der Waals surface area contributed by atoms with Gasteiger partial charge in [0.05, 0.1) is 11.6 Å². The summed E-state index contributed by atoms with van der Waals surface area (Å²) in [4.78, 5) is 0. The minimum Gasteiger partial charge on any atom is -0.495 e. The van der Waals surface area contributed by atoms with Gasteiger partial charge in [-0.3, -0.25) is 0 Å². The maximum absolute atomic E-state index is 6.13. The van der Waals surface area contributed by atoms with Crippen LogP contribution in [0.15, 0.2) is 4.47 Å². The first-order chi connectivity index (χ1) is 7.69. The molecule has 0 aliphatic heterocycles. The third kappa shape index (κ3) is 3.02. The number of benzene rings is 1. The fourth-order valence-electron chi connectivity index (χ4n) is 2.11. The molecule has 2 nitrogen and oxygen atoms in total. The molecule has 0 aliphatic carbocycles. The predicted molar refractivity (Wildman–Crippen MR) is 76.9 cm³/mol. The van der Waals surface area contributed by atoms with Crippen molar-refractivity contribution in [2.75, 3.05) is 7.11 Å². The zero-order valence-corrected chi connectivity index (χ0v) is 13.2. The molecular formula is C14H22BrNO. The van der Waals surface area contributed by atoms with Crippen molar-refractivity contribution in [3.05, 3.63) is 26.7 Å². The van der Waals surface area contributed by atoms with Crippen molar-refractivity contribution < 1.29 is 4.74 Å². The molecule has 0 fully saturated rings. The van der Waals surface area contributed by atoms with Crippen LogP contribution in [0.2, 0.25) is 0 Å². The third-order valence-electron chi connectivity index (χ3n) is 3.17. The van der Waals surface area contributed by atoms with Crippen LogP contribution in [0.25, 0.3) is 0 Å². The average Bonchev–Trinajstić information content (AvgIpc) is 2.21. The summed E-state index contributed by atoms with van der Waals surface area (Å²) < 4.78 is 6.49. The van der Waals surface area contributed by atoms with Crippen LogP contribution in [0.3, 0.4) is 0 Å². The van der Waals surface area contributed by atoms with Gasteiger partial charge in [0.25, 0.3) is 0 Å². The lowest BCUT2D eigenvalue weighted by molar-refractivity contribution is 0.407. The average molecular weight is 300 g/mol. The SMILES string of the molecule is COc1c(C)c(C)c(CC(C)(C)N)c(C)c1Br. The molecule has 1 aromatic rings. The number of halogens is 1. The first-order valence-electron chi connectivity index (χ1n) is 5.80. The Labute approximate surface area is 113 Å². The Bertz CT molecular complexity index is 404. The van der Waals surface area contributed by atoms with Crippen LogP contribution in [0.4, 0.5) is 0 Å². The van der Waals surface area contributed by atoms with E-state index >= 15 is 0 Å². The van der Waals surface area contributed by atoms with E-state index in [1.165, 1.54) is 22.3 Å². The van der Waals surface area contributed by atoms with Crippen molar-refractivity contribution in [1.82, 2.24) is 0 Å². The summed E-state index contributed by atoms with van der Waals surface area (Å²) in [6.07, 6.45) is 0.869. The van der Waals surface area contributed by atoms with Crippen LogP contribution in [0, 0.1) is 20.8 Å². The molecule has 0 unspecified atom stereocenters. The van der Waals surface area contributed by atoms with E-state index in [2.05, 4.69) is 50.5 Å². The summed E-state index contributed by atoms with van der Waals surface area (Å²) in [7, 11) is 1.71. The van der Waals surface area contributed by atoms with E-state index in [1.54, 1.807) is 7.11 Å². The van der Waals surface area contributed by atoms with E-state index in [1.807, 2.05) is 0 Å². The number of hydrogen-bond donors (Lipinski definition) is 1. The molecule has 2 N–H and O–H groups in total. The van der Waals surface area contributed by atoms with Crippen LogP contribution in [-0.4, -0.2) is 12.6 Å². The summed E-state index contributed by atoms with van der Waals surface area (Å²) >= 11 is 3.62. The lowest BCUT2D eigenvalue weighted by atomic mass is 9.88. The molecule has 1 rings (SSSR count). The highest BCUT2D eigenvalue weighted by Gasteiger charge is 2.20. The molecule has 0 atom stereocenters. The molecule has 0 aliphatic rings. The smallest absolute Gasteiger partial charge is 0.136 e. The van der Waals surface area contributed by atoms with E-state index in [0.717, 1.165) is 16.6 Å². The van der Waals surface area contributed by atoms with E-state index in [9.17, 15) is 0 Å². The van der Waals surface area contributed by atoms with Crippen LogP contribution in [0.5, 0.6) is 5.75 Å². The number of hydrogen-bond acceptors (Lipinski definition) is 2. The molecule has 0 radical (unpaired) electrons. The Morgan fingerprint density at radius 3 is 2.06 bits per heavy atom. The molecule has 17 heavy (non-hydrogen) atoms. The number of rotatable bonds is 3. The summed E-state index contributed by atoms with van der Waals surface area (Å²) in [5, 5.41) is 0. The van der Waals surface area contributed by atoms with Gasteiger partial charge in [-0.1, -0.05) is 0 Å². The van der Waals surface area contributed by atoms with Crippen LogP contribution < -0.4 is 10.5 Å². The standard InChI is InChI=1S/C14H22BrNO/c1-8-9(2)13(17-6)12(15)10(3)11(8)7-14(4,5)16/h7,16H2,1-6H3. The Morgan fingerprint density at radius 1 is 1.12 bits per heavy atom. The van der Waals surface area contributed by atoms with Crippen LogP contribution >= 0.6 is 15.9 Å². The fourth-order valence-corrected chi connectivity index (χ4v) is 2.81. The van der Waals surface area contributed by atoms with Crippen molar-refractivity contribution >= 4 is 15.9 Å². The molecule has 0 amide bonds. The molecular weight excluding hydrogens is 278 g/mol. The van der Waals surface area contributed by atoms with Gasteiger partial charge in [-0.25, -0.2) is 0 Å². The lowest BCUT2D eigenvalue weighted by Gasteiger charge is -2.24. The molecule has 1 aromatic carbocycles. The zero-order valence-electron chi connectivity index (χ0n) is 11.6. The minimum atomic E-state index is -0.198. The third-order valence-corrected chi connectivity index (χ3v) is 4.13. The Balaban J connectivity index is 3.43. The van der Waals surface area contributed by atoms with Crippen molar-refractivity contribution in [3.8, 4) is 5.75 Å². The highest BCUT2D eigenvalue weighted by atomic mass is 79.9. The van der Waals surface area contributed by atoms with E-state index in [-0.39, 0.29) is 5.54 Å². The van der Waals surface area contributed by atoms with Gasteiger partial charge in [-0.15, -0.1) is 0 Å². The first-order valence-corrected chi connectivity index (χ1v) is 6.59. The monoisotopic (exact) mass is 299 g/mol. The molecule has 0 saturated carbocycles. The zero-order chi connectivity index (χ0) is 13.4. The second-order valence-corrected chi connectivity index (χ2v) is 6.16. The van der Waals surface area contributed by atoms with Crippen molar-refractivity contribution in [1.29, 1.82) is 0 Å². The maximum atomic E-state index is 6.13. The predicted octanol–water partition coefficient (Wildman–Crippen LogP) is 3.66. The topological polar surface area (TPSA) is 35.2 Å². The minimum absolute atomic E-state index is 0.198. The highest BCUT2D eigenvalue weighted by Crippen LogP contribution is 2.37. The highest BCUT2D eigenvalue weighted by molar-refractivity contribution is 9.10. The van der Waals surface area contributed by atoms with E-state index in [0.29, 0.717) is 0 Å². The van der Waals surface area contributed by atoms with Gasteiger partial charge in [0.15, 0.2) is 0 Å². The summed E-state index contributed by atoms with van der Waals surface area (Å²) in [5.41, 5.74) is 10.9. The number of methoxy groups -OCH3 is 1.